The molecule has 3 N–H and O–H groups in total. The summed E-state index contributed by atoms with van der Waals surface area (Å²) in [5, 5.41) is 10.6. The monoisotopic (exact) mass is 1310 g/mol. The summed E-state index contributed by atoms with van der Waals surface area (Å²) in [6.07, 6.45) is 44.9. The lowest BCUT2D eigenvalue weighted by molar-refractivity contribution is -0.161. The summed E-state index contributed by atoms with van der Waals surface area (Å²) >= 11 is 0. The van der Waals surface area contributed by atoms with Crippen LogP contribution in [0.5, 0.6) is 0 Å². The Balaban J connectivity index is 5.16. The van der Waals surface area contributed by atoms with Gasteiger partial charge in [0.2, 0.25) is 0 Å². The maximum absolute atomic E-state index is 13.0. The minimum atomic E-state index is -4.95. The molecule has 17 nitrogen and oxygen atoms in total. The van der Waals surface area contributed by atoms with E-state index in [1.54, 1.807) is 0 Å². The molecule has 0 radical (unpaired) electrons. The van der Waals surface area contributed by atoms with Crippen LogP contribution in [0.3, 0.4) is 0 Å². The summed E-state index contributed by atoms with van der Waals surface area (Å²) in [6, 6.07) is 0. The molecule has 89 heavy (non-hydrogen) atoms. The number of ether oxygens (including phenoxy) is 4. The Bertz CT molecular complexity index is 1750. The third-order valence-corrected chi connectivity index (χ3v) is 18.0. The number of phosphoric ester groups is 2. The summed E-state index contributed by atoms with van der Waals surface area (Å²) in [4.78, 5) is 72.3. The molecule has 0 heterocycles. The highest BCUT2D eigenvalue weighted by molar-refractivity contribution is 7.47. The number of carbonyl (C=O) groups excluding carboxylic acids is 4. The van der Waals surface area contributed by atoms with Crippen LogP contribution in [-0.4, -0.2) is 96.7 Å². The van der Waals surface area contributed by atoms with Crippen molar-refractivity contribution < 1.29 is 80.2 Å². The Morgan fingerprint density at radius 2 is 0.517 bits per heavy atom. The summed E-state index contributed by atoms with van der Waals surface area (Å²) in [7, 11) is -9.89. The van der Waals surface area contributed by atoms with Crippen LogP contribution in [0.25, 0.3) is 0 Å². The van der Waals surface area contributed by atoms with Crippen LogP contribution >= 0.6 is 15.6 Å². The lowest BCUT2D eigenvalue weighted by Crippen LogP contribution is -2.30. The van der Waals surface area contributed by atoms with Crippen LogP contribution in [0, 0.1) is 17.8 Å². The smallest absolute Gasteiger partial charge is 0.462 e. The normalized spacial score (nSPS) is 14.2. The van der Waals surface area contributed by atoms with Crippen molar-refractivity contribution >= 4 is 39.5 Å². The third-order valence-electron chi connectivity index (χ3n) is 16.1. The molecule has 0 saturated heterocycles. The summed E-state index contributed by atoms with van der Waals surface area (Å²) in [5.41, 5.74) is 0. The Kier molecular flexibility index (Phi) is 59.6. The van der Waals surface area contributed by atoms with Crippen molar-refractivity contribution in [3.63, 3.8) is 0 Å². The molecular formula is C70H136O17P2. The summed E-state index contributed by atoms with van der Waals surface area (Å²) in [5.74, 6) is 0.165. The van der Waals surface area contributed by atoms with Gasteiger partial charge in [-0.3, -0.25) is 37.3 Å². The number of carbonyl (C=O) groups is 4. The van der Waals surface area contributed by atoms with Crippen LogP contribution in [0.4, 0.5) is 0 Å². The van der Waals surface area contributed by atoms with E-state index in [2.05, 4.69) is 48.5 Å². The van der Waals surface area contributed by atoms with Crippen molar-refractivity contribution in [1.82, 2.24) is 0 Å². The molecule has 0 bridgehead atoms. The van der Waals surface area contributed by atoms with Crippen molar-refractivity contribution in [3.05, 3.63) is 0 Å². The predicted octanol–water partition coefficient (Wildman–Crippen LogP) is 19.8. The van der Waals surface area contributed by atoms with Gasteiger partial charge < -0.3 is 33.8 Å². The first-order valence-corrected chi connectivity index (χ1v) is 39.3. The zero-order valence-electron chi connectivity index (χ0n) is 57.9. The SMILES string of the molecule is CCCCCCCC(=O)OC[C@H](COP(=O)(O)OC[C@H](O)COP(=O)(O)OC[C@@H](COC(=O)CCCCCCCCCCCCCCC(C)C)OC(=O)CCCCCCCCCCCCCCCCCC(C)C)OC(=O)CCCCCCCCCCC(C)C. The topological polar surface area (TPSA) is 237 Å². The molecular weight excluding hydrogens is 1170 g/mol. The fraction of sp³-hybridized carbons (Fsp3) is 0.943. The van der Waals surface area contributed by atoms with Crippen LogP contribution in [0.2, 0.25) is 0 Å². The number of esters is 4. The number of rotatable bonds is 68. The molecule has 528 valence electrons. The highest BCUT2D eigenvalue weighted by Gasteiger charge is 2.30. The summed E-state index contributed by atoms with van der Waals surface area (Å²) < 4.78 is 68.1. The number of aliphatic hydroxyl groups excluding tert-OH is 1. The Hall–Kier alpha value is -1.94. The zero-order valence-corrected chi connectivity index (χ0v) is 59.7. The van der Waals surface area contributed by atoms with Crippen LogP contribution < -0.4 is 0 Å². The second kappa shape index (κ2) is 61.0. The number of phosphoric acid groups is 2. The van der Waals surface area contributed by atoms with Crippen LogP contribution in [0.1, 0.15) is 350 Å². The van der Waals surface area contributed by atoms with Gasteiger partial charge in [-0.15, -0.1) is 0 Å². The van der Waals surface area contributed by atoms with Gasteiger partial charge in [-0.1, -0.05) is 299 Å². The second-order valence-corrected chi connectivity index (χ2v) is 29.6. The van der Waals surface area contributed by atoms with Crippen LogP contribution in [0.15, 0.2) is 0 Å². The van der Waals surface area contributed by atoms with E-state index in [0.717, 1.165) is 114 Å². The lowest BCUT2D eigenvalue weighted by atomic mass is 10.0. The largest absolute Gasteiger partial charge is 0.472 e. The molecule has 2 unspecified atom stereocenters. The van der Waals surface area contributed by atoms with Gasteiger partial charge in [-0.25, -0.2) is 9.13 Å². The van der Waals surface area contributed by atoms with E-state index in [1.165, 1.54) is 154 Å². The molecule has 0 spiro atoms. The fourth-order valence-corrected chi connectivity index (χ4v) is 12.1. The number of hydrogen-bond donors (Lipinski definition) is 3. The Labute approximate surface area is 543 Å². The number of unbranched alkanes of at least 4 members (excludes halogenated alkanes) is 36. The zero-order chi connectivity index (χ0) is 65.9. The van der Waals surface area contributed by atoms with E-state index in [9.17, 15) is 43.2 Å². The van der Waals surface area contributed by atoms with Crippen LogP contribution in [-0.2, 0) is 65.4 Å². The van der Waals surface area contributed by atoms with E-state index in [4.69, 9.17) is 37.0 Å². The van der Waals surface area contributed by atoms with E-state index in [0.29, 0.717) is 25.7 Å². The van der Waals surface area contributed by atoms with Gasteiger partial charge in [0.15, 0.2) is 12.2 Å². The van der Waals surface area contributed by atoms with Gasteiger partial charge in [-0.05, 0) is 43.4 Å². The van der Waals surface area contributed by atoms with Gasteiger partial charge in [0, 0.05) is 25.7 Å². The van der Waals surface area contributed by atoms with E-state index >= 15 is 0 Å². The molecule has 0 aliphatic rings. The van der Waals surface area contributed by atoms with Gasteiger partial charge in [0.25, 0.3) is 0 Å². The average Bonchev–Trinajstić information content (AvgIpc) is 3.68. The number of hydrogen-bond acceptors (Lipinski definition) is 15. The van der Waals surface area contributed by atoms with E-state index < -0.39 is 97.5 Å². The molecule has 0 aromatic carbocycles. The van der Waals surface area contributed by atoms with Crippen molar-refractivity contribution in [3.8, 4) is 0 Å². The maximum atomic E-state index is 13.0. The molecule has 0 aliphatic heterocycles. The van der Waals surface area contributed by atoms with Crippen molar-refractivity contribution in [1.29, 1.82) is 0 Å². The quantitative estimate of drug-likeness (QED) is 0.0222. The Morgan fingerprint density at radius 1 is 0.303 bits per heavy atom. The van der Waals surface area contributed by atoms with Crippen molar-refractivity contribution in [2.75, 3.05) is 39.6 Å². The second-order valence-electron chi connectivity index (χ2n) is 26.7. The molecule has 0 amide bonds. The van der Waals surface area contributed by atoms with E-state index in [-0.39, 0.29) is 25.7 Å². The molecule has 0 aromatic rings. The molecule has 0 rings (SSSR count). The minimum Gasteiger partial charge on any atom is -0.462 e. The predicted molar refractivity (Wildman–Crippen MR) is 358 cm³/mol. The first-order chi connectivity index (χ1) is 42.7. The van der Waals surface area contributed by atoms with Gasteiger partial charge in [0.05, 0.1) is 26.4 Å². The average molecular weight is 1310 g/mol. The lowest BCUT2D eigenvalue weighted by Gasteiger charge is -2.21. The first-order valence-electron chi connectivity index (χ1n) is 36.3. The fourth-order valence-electron chi connectivity index (χ4n) is 10.5. The van der Waals surface area contributed by atoms with E-state index in [1.807, 2.05) is 0 Å². The number of aliphatic hydroxyl groups is 1. The third kappa shape index (κ3) is 64.6. The molecule has 0 fully saturated rings. The molecule has 19 heteroatoms. The highest BCUT2D eigenvalue weighted by atomic mass is 31.2. The highest BCUT2D eigenvalue weighted by Crippen LogP contribution is 2.45. The Morgan fingerprint density at radius 3 is 0.764 bits per heavy atom. The van der Waals surface area contributed by atoms with Gasteiger partial charge in [-0.2, -0.15) is 0 Å². The molecule has 0 aliphatic carbocycles. The molecule has 0 aromatic heterocycles. The van der Waals surface area contributed by atoms with Gasteiger partial charge in [0.1, 0.15) is 19.3 Å². The standard InChI is InChI=1S/C70H136O17P2/c1-8-9-10-34-44-51-67(72)80-57-65(86-70(75)54-47-40-33-27-26-30-37-43-50-63(6)7)59-84-88(76,77)82-55-64(71)56-83-89(78,79)85-60-66(58-81-68(73)52-45-38-31-24-20-17-16-19-23-29-36-42-49-62(4)5)87-69(74)53-46-39-32-25-21-15-13-11-12-14-18-22-28-35-41-48-61(2)3/h61-66,71H,8-60H2,1-7H3,(H,76,77)(H,78,79)/t64-,65+,66+/m0/s1. The van der Waals surface area contributed by atoms with Gasteiger partial charge >= 0.3 is 39.5 Å². The molecule has 0 saturated carbocycles. The summed E-state index contributed by atoms with van der Waals surface area (Å²) in [6.45, 7) is 11.8. The van der Waals surface area contributed by atoms with Crippen molar-refractivity contribution in [2.45, 2.75) is 369 Å². The minimum absolute atomic E-state index is 0.103. The van der Waals surface area contributed by atoms with Crippen molar-refractivity contribution in [2.24, 2.45) is 17.8 Å². The molecule has 5 atom stereocenters. The first kappa shape index (κ1) is 87.1. The maximum Gasteiger partial charge on any atom is 0.472 e.